The van der Waals surface area contributed by atoms with Gasteiger partial charge in [-0.25, -0.2) is 4.68 Å². The smallest absolute Gasteiger partial charge is 0.276 e. The van der Waals surface area contributed by atoms with Crippen LogP contribution in [-0.2, 0) is 6.54 Å². The van der Waals surface area contributed by atoms with E-state index in [0.717, 1.165) is 21.3 Å². The summed E-state index contributed by atoms with van der Waals surface area (Å²) in [5.41, 5.74) is 3.45. The Hall–Kier alpha value is -2.47. The van der Waals surface area contributed by atoms with E-state index in [0.29, 0.717) is 12.2 Å². The average Bonchev–Trinajstić information content (AvgIpc) is 3.06. The van der Waals surface area contributed by atoms with E-state index in [1.807, 2.05) is 55.5 Å². The van der Waals surface area contributed by atoms with Gasteiger partial charge in [-0.2, -0.15) is 0 Å². The van der Waals surface area contributed by atoms with Gasteiger partial charge in [-0.05, 0) is 36.2 Å². The van der Waals surface area contributed by atoms with Crippen molar-refractivity contribution in [3.8, 4) is 5.69 Å². The first-order valence-electron chi connectivity index (χ1n) is 7.53. The molecule has 0 saturated heterocycles. The first kappa shape index (κ1) is 16.4. The number of carbonyl (C=O) groups is 1. The minimum absolute atomic E-state index is 0.153. The van der Waals surface area contributed by atoms with Crippen molar-refractivity contribution in [2.24, 2.45) is 0 Å². The summed E-state index contributed by atoms with van der Waals surface area (Å²) in [6, 6.07) is 15.7. The molecule has 0 saturated carbocycles. The van der Waals surface area contributed by atoms with Crippen molar-refractivity contribution in [3.05, 3.63) is 76.0 Å². The highest BCUT2D eigenvalue weighted by Crippen LogP contribution is 2.15. The molecular formula is C18H17BrN4O. The summed E-state index contributed by atoms with van der Waals surface area (Å²) in [6.45, 7) is 2.58. The van der Waals surface area contributed by atoms with E-state index in [1.54, 1.807) is 22.8 Å². The van der Waals surface area contributed by atoms with Crippen molar-refractivity contribution < 1.29 is 4.79 Å². The van der Waals surface area contributed by atoms with E-state index in [2.05, 4.69) is 26.2 Å². The Morgan fingerprint density at radius 1 is 1.21 bits per heavy atom. The van der Waals surface area contributed by atoms with Gasteiger partial charge in [-0.15, -0.1) is 5.10 Å². The molecule has 3 rings (SSSR count). The molecule has 0 radical (unpaired) electrons. The maximum absolute atomic E-state index is 12.6. The van der Waals surface area contributed by atoms with Crippen LogP contribution in [0.2, 0.25) is 0 Å². The zero-order chi connectivity index (χ0) is 17.1. The third-order valence-corrected chi connectivity index (χ3v) is 4.29. The van der Waals surface area contributed by atoms with Gasteiger partial charge in [0.1, 0.15) is 0 Å². The van der Waals surface area contributed by atoms with Gasteiger partial charge in [0, 0.05) is 18.1 Å². The van der Waals surface area contributed by atoms with Crippen LogP contribution in [0.4, 0.5) is 0 Å². The number of aromatic nitrogens is 3. The van der Waals surface area contributed by atoms with Gasteiger partial charge >= 0.3 is 0 Å². The molecular weight excluding hydrogens is 368 g/mol. The summed E-state index contributed by atoms with van der Waals surface area (Å²) < 4.78 is 2.54. The molecule has 0 atom stereocenters. The van der Waals surface area contributed by atoms with E-state index < -0.39 is 0 Å². The average molecular weight is 385 g/mol. The highest BCUT2D eigenvalue weighted by atomic mass is 79.9. The lowest BCUT2D eigenvalue weighted by molar-refractivity contribution is 0.0779. The molecule has 3 aromatic rings. The molecule has 0 aliphatic heterocycles. The maximum atomic E-state index is 12.6. The summed E-state index contributed by atoms with van der Waals surface area (Å²) in [4.78, 5) is 14.2. The Morgan fingerprint density at radius 3 is 2.75 bits per heavy atom. The zero-order valence-electron chi connectivity index (χ0n) is 13.5. The molecule has 0 spiro atoms. The Bertz CT molecular complexity index is 875. The summed E-state index contributed by atoms with van der Waals surface area (Å²) >= 11 is 3.43. The van der Waals surface area contributed by atoms with Gasteiger partial charge < -0.3 is 4.90 Å². The lowest BCUT2D eigenvalue weighted by Crippen LogP contribution is -2.26. The fraction of sp³-hybridized carbons (Fsp3) is 0.167. The Kier molecular flexibility index (Phi) is 4.76. The van der Waals surface area contributed by atoms with Crippen molar-refractivity contribution in [1.82, 2.24) is 19.9 Å². The number of carbonyl (C=O) groups excluding carboxylic acids is 1. The molecule has 1 amide bonds. The molecule has 0 unspecified atom stereocenters. The van der Waals surface area contributed by atoms with Crippen LogP contribution < -0.4 is 0 Å². The third-order valence-electron chi connectivity index (χ3n) is 3.80. The van der Waals surface area contributed by atoms with Crippen LogP contribution in [0.5, 0.6) is 0 Å². The molecule has 2 aromatic carbocycles. The molecule has 0 aliphatic carbocycles. The van der Waals surface area contributed by atoms with Crippen molar-refractivity contribution in [3.63, 3.8) is 0 Å². The number of amides is 1. The first-order chi connectivity index (χ1) is 11.5. The number of nitrogens with zero attached hydrogens (tertiary/aromatic N) is 4. The summed E-state index contributed by atoms with van der Waals surface area (Å²) in [7, 11) is 1.77. The summed E-state index contributed by atoms with van der Waals surface area (Å²) in [5.74, 6) is -0.153. The first-order valence-corrected chi connectivity index (χ1v) is 8.32. The van der Waals surface area contributed by atoms with Crippen LogP contribution in [-0.4, -0.2) is 32.8 Å². The molecule has 6 heteroatoms. The molecule has 0 bridgehead atoms. The van der Waals surface area contributed by atoms with Gasteiger partial charge in [-0.3, -0.25) is 4.79 Å². The lowest BCUT2D eigenvalue weighted by atomic mass is 10.1. The second kappa shape index (κ2) is 6.97. The minimum atomic E-state index is -0.153. The fourth-order valence-corrected chi connectivity index (χ4v) is 2.80. The maximum Gasteiger partial charge on any atom is 0.276 e. The van der Waals surface area contributed by atoms with Gasteiger partial charge in [0.05, 0.1) is 11.9 Å². The van der Waals surface area contributed by atoms with Crippen molar-refractivity contribution in [2.75, 3.05) is 7.05 Å². The largest absolute Gasteiger partial charge is 0.336 e. The van der Waals surface area contributed by atoms with E-state index in [1.165, 1.54) is 0 Å². The van der Waals surface area contributed by atoms with Crippen LogP contribution in [0, 0.1) is 6.92 Å². The highest BCUT2D eigenvalue weighted by molar-refractivity contribution is 9.10. The van der Waals surface area contributed by atoms with Crippen LogP contribution in [0.15, 0.2) is 59.2 Å². The minimum Gasteiger partial charge on any atom is -0.336 e. The fourth-order valence-electron chi connectivity index (χ4n) is 2.42. The normalized spacial score (nSPS) is 10.6. The highest BCUT2D eigenvalue weighted by Gasteiger charge is 2.17. The van der Waals surface area contributed by atoms with E-state index in [4.69, 9.17) is 0 Å². The SMILES string of the molecule is Cc1ccccc1CN(C)C(=O)c1cn(-c2cccc(Br)c2)nn1. The molecule has 122 valence electrons. The molecule has 0 fully saturated rings. The quantitative estimate of drug-likeness (QED) is 0.690. The molecule has 24 heavy (non-hydrogen) atoms. The number of halogens is 1. The molecule has 0 aliphatic rings. The molecule has 1 aromatic heterocycles. The monoisotopic (exact) mass is 384 g/mol. The number of aryl methyl sites for hydroxylation is 1. The second-order valence-corrected chi connectivity index (χ2v) is 6.53. The Labute approximate surface area is 149 Å². The number of hydrogen-bond donors (Lipinski definition) is 0. The molecule has 1 heterocycles. The number of rotatable bonds is 4. The van der Waals surface area contributed by atoms with Crippen molar-refractivity contribution >= 4 is 21.8 Å². The number of hydrogen-bond acceptors (Lipinski definition) is 3. The van der Waals surface area contributed by atoms with Crippen LogP contribution >= 0.6 is 15.9 Å². The van der Waals surface area contributed by atoms with E-state index >= 15 is 0 Å². The van der Waals surface area contributed by atoms with Gasteiger partial charge in [0.2, 0.25) is 0 Å². The Morgan fingerprint density at radius 2 is 2.00 bits per heavy atom. The molecule has 0 N–H and O–H groups in total. The van der Waals surface area contributed by atoms with E-state index in [9.17, 15) is 4.79 Å². The number of benzene rings is 2. The third kappa shape index (κ3) is 3.54. The summed E-state index contributed by atoms with van der Waals surface area (Å²) in [6.07, 6.45) is 1.65. The second-order valence-electron chi connectivity index (χ2n) is 5.62. The van der Waals surface area contributed by atoms with Crippen LogP contribution in [0.1, 0.15) is 21.6 Å². The topological polar surface area (TPSA) is 51.0 Å². The van der Waals surface area contributed by atoms with Gasteiger partial charge in [-0.1, -0.05) is 51.5 Å². The molecule has 5 nitrogen and oxygen atoms in total. The predicted molar refractivity (Wildman–Crippen MR) is 96.0 cm³/mol. The van der Waals surface area contributed by atoms with Gasteiger partial charge in [0.15, 0.2) is 5.69 Å². The van der Waals surface area contributed by atoms with Gasteiger partial charge in [0.25, 0.3) is 5.91 Å². The standard InChI is InChI=1S/C18H17BrN4O/c1-13-6-3-4-7-14(13)11-22(2)18(24)17-12-23(21-20-17)16-9-5-8-15(19)10-16/h3-10,12H,11H2,1-2H3. The van der Waals surface area contributed by atoms with Crippen molar-refractivity contribution in [1.29, 1.82) is 0 Å². The van der Waals surface area contributed by atoms with Crippen molar-refractivity contribution in [2.45, 2.75) is 13.5 Å². The van der Waals surface area contributed by atoms with Crippen LogP contribution in [0.3, 0.4) is 0 Å². The predicted octanol–water partition coefficient (Wildman–Crippen LogP) is 3.61. The Balaban J connectivity index is 1.77. The lowest BCUT2D eigenvalue weighted by Gasteiger charge is -2.17. The zero-order valence-corrected chi connectivity index (χ0v) is 15.1. The summed E-state index contributed by atoms with van der Waals surface area (Å²) in [5, 5.41) is 8.07. The van der Waals surface area contributed by atoms with Crippen LogP contribution in [0.25, 0.3) is 5.69 Å². The van der Waals surface area contributed by atoms with E-state index in [-0.39, 0.29) is 5.91 Å².